The normalized spacial score (nSPS) is 18.4. The van der Waals surface area contributed by atoms with Gasteiger partial charge in [-0.3, -0.25) is 0 Å². The highest BCUT2D eigenvalue weighted by atomic mass is 35.5. The molecule has 3 rings (SSSR count). The third-order valence-electron chi connectivity index (χ3n) is 4.80. The molecule has 0 radical (unpaired) electrons. The van der Waals surface area contributed by atoms with E-state index in [1.54, 1.807) is 24.3 Å². The average Bonchev–Trinajstić information content (AvgIpc) is 2.74. The van der Waals surface area contributed by atoms with Crippen LogP contribution in [-0.4, -0.2) is 18.3 Å². The summed E-state index contributed by atoms with van der Waals surface area (Å²) in [6, 6.07) is 12.1. The molecule has 2 aromatic carbocycles. The van der Waals surface area contributed by atoms with Crippen LogP contribution >= 0.6 is 11.6 Å². The van der Waals surface area contributed by atoms with Gasteiger partial charge in [0.25, 0.3) is 0 Å². The lowest BCUT2D eigenvalue weighted by molar-refractivity contribution is 0.00578. The Labute approximate surface area is 153 Å². The summed E-state index contributed by atoms with van der Waals surface area (Å²) in [4.78, 5) is 0. The van der Waals surface area contributed by atoms with Crippen molar-refractivity contribution in [3.05, 3.63) is 58.9 Å². The van der Waals surface area contributed by atoms with E-state index in [-0.39, 0.29) is 0 Å². The third kappa shape index (κ3) is 3.84. The smallest absolute Gasteiger partial charge is 0.489 e. The molecule has 132 valence electrons. The van der Waals surface area contributed by atoms with Crippen molar-refractivity contribution in [3.63, 3.8) is 0 Å². The fourth-order valence-electron chi connectivity index (χ4n) is 2.51. The molecule has 6 heteroatoms. The van der Waals surface area contributed by atoms with Crippen LogP contribution in [0.4, 0.5) is 4.39 Å². The molecule has 3 nitrogen and oxygen atoms in total. The quantitative estimate of drug-likeness (QED) is 0.757. The molecule has 0 atom stereocenters. The van der Waals surface area contributed by atoms with Gasteiger partial charge in [0.1, 0.15) is 18.2 Å². The summed E-state index contributed by atoms with van der Waals surface area (Å²) in [5, 5.41) is 0.668. The predicted octanol–water partition coefficient (Wildman–Crippen LogP) is 4.36. The second-order valence-corrected chi connectivity index (χ2v) is 7.62. The Morgan fingerprint density at radius 1 is 1.00 bits per heavy atom. The van der Waals surface area contributed by atoms with Gasteiger partial charge in [-0.2, -0.15) is 0 Å². The SMILES string of the molecule is CC1(C)OB(c2ccc(OCc3ccc(Cl)cc3)cc2F)OC1(C)C. The van der Waals surface area contributed by atoms with Crippen LogP contribution in [0, 0.1) is 5.82 Å². The summed E-state index contributed by atoms with van der Waals surface area (Å²) in [5.41, 5.74) is 0.319. The number of hydrogen-bond donors (Lipinski definition) is 0. The Hall–Kier alpha value is -1.56. The number of benzene rings is 2. The number of hydrogen-bond acceptors (Lipinski definition) is 3. The molecule has 1 heterocycles. The van der Waals surface area contributed by atoms with Crippen LogP contribution in [0.1, 0.15) is 33.3 Å². The molecular formula is C19H21BClFO3. The van der Waals surface area contributed by atoms with Gasteiger partial charge in [-0.15, -0.1) is 0 Å². The molecule has 0 aliphatic carbocycles. The molecule has 1 saturated heterocycles. The van der Waals surface area contributed by atoms with Gasteiger partial charge < -0.3 is 14.0 Å². The molecule has 0 unspecified atom stereocenters. The van der Waals surface area contributed by atoms with Crippen molar-refractivity contribution in [3.8, 4) is 5.75 Å². The first-order valence-electron chi connectivity index (χ1n) is 8.20. The summed E-state index contributed by atoms with van der Waals surface area (Å²) in [6.45, 7) is 8.10. The third-order valence-corrected chi connectivity index (χ3v) is 5.05. The van der Waals surface area contributed by atoms with E-state index in [1.165, 1.54) is 6.07 Å². The monoisotopic (exact) mass is 362 g/mol. The largest absolute Gasteiger partial charge is 0.497 e. The fourth-order valence-corrected chi connectivity index (χ4v) is 2.63. The van der Waals surface area contributed by atoms with Gasteiger partial charge in [0.15, 0.2) is 0 Å². The lowest BCUT2D eigenvalue weighted by atomic mass is 9.78. The molecule has 0 saturated carbocycles. The summed E-state index contributed by atoms with van der Waals surface area (Å²) in [6.07, 6.45) is 0. The van der Waals surface area contributed by atoms with Gasteiger partial charge in [-0.25, -0.2) is 4.39 Å². The van der Waals surface area contributed by atoms with Gasteiger partial charge in [0.05, 0.1) is 11.2 Å². The predicted molar refractivity (Wildman–Crippen MR) is 97.9 cm³/mol. The topological polar surface area (TPSA) is 27.7 Å². The minimum absolute atomic E-state index is 0.340. The second kappa shape index (κ2) is 6.63. The van der Waals surface area contributed by atoms with Gasteiger partial charge in [-0.1, -0.05) is 29.8 Å². The van der Waals surface area contributed by atoms with Crippen LogP contribution in [0.2, 0.25) is 5.02 Å². The molecule has 25 heavy (non-hydrogen) atoms. The van der Waals surface area contributed by atoms with Crippen molar-refractivity contribution in [1.82, 2.24) is 0 Å². The first-order chi connectivity index (χ1) is 11.7. The van der Waals surface area contributed by atoms with Gasteiger partial charge in [0.2, 0.25) is 0 Å². The molecule has 0 aromatic heterocycles. The zero-order valence-corrected chi connectivity index (χ0v) is 15.6. The van der Waals surface area contributed by atoms with Crippen LogP contribution in [0.5, 0.6) is 5.75 Å². The molecule has 0 amide bonds. The molecule has 2 aromatic rings. The van der Waals surface area contributed by atoms with Crippen LogP contribution in [0.25, 0.3) is 0 Å². The number of halogens is 2. The standard InChI is InChI=1S/C19H21BClFO3/c1-18(2)19(3,4)25-20(24-18)16-10-9-15(11-17(16)22)23-12-13-5-7-14(21)8-6-13/h5-11H,12H2,1-4H3. The van der Waals surface area contributed by atoms with Crippen LogP contribution in [-0.2, 0) is 15.9 Å². The summed E-state index contributed by atoms with van der Waals surface area (Å²) in [5.74, 6) is 0.0415. The Morgan fingerprint density at radius 3 is 2.16 bits per heavy atom. The van der Waals surface area contributed by atoms with E-state index in [2.05, 4.69) is 0 Å². The van der Waals surface area contributed by atoms with E-state index in [0.717, 1.165) is 5.56 Å². The first kappa shape index (κ1) is 18.2. The minimum Gasteiger partial charge on any atom is -0.489 e. The van der Waals surface area contributed by atoms with Crippen LogP contribution in [0.3, 0.4) is 0 Å². The lowest BCUT2D eigenvalue weighted by Crippen LogP contribution is -2.41. The van der Waals surface area contributed by atoms with Crippen molar-refractivity contribution in [1.29, 1.82) is 0 Å². The number of ether oxygens (including phenoxy) is 1. The highest BCUT2D eigenvalue weighted by Gasteiger charge is 2.52. The molecule has 1 aliphatic heterocycles. The Morgan fingerprint density at radius 2 is 1.60 bits per heavy atom. The summed E-state index contributed by atoms with van der Waals surface area (Å²) < 4.78 is 32.0. The van der Waals surface area contributed by atoms with Gasteiger partial charge in [-0.05, 0) is 51.5 Å². The van der Waals surface area contributed by atoms with Crippen molar-refractivity contribution in [2.75, 3.05) is 0 Å². The Balaban J connectivity index is 1.70. The van der Waals surface area contributed by atoms with E-state index >= 15 is 0 Å². The van der Waals surface area contributed by atoms with Crippen LogP contribution in [0.15, 0.2) is 42.5 Å². The maximum absolute atomic E-state index is 14.5. The maximum Gasteiger partial charge on any atom is 0.497 e. The lowest BCUT2D eigenvalue weighted by Gasteiger charge is -2.32. The van der Waals surface area contributed by atoms with E-state index in [9.17, 15) is 4.39 Å². The van der Waals surface area contributed by atoms with E-state index in [0.29, 0.717) is 22.8 Å². The zero-order valence-electron chi connectivity index (χ0n) is 14.8. The Bertz CT molecular complexity index is 746. The van der Waals surface area contributed by atoms with Crippen molar-refractivity contribution < 1.29 is 18.4 Å². The van der Waals surface area contributed by atoms with Crippen molar-refractivity contribution in [2.45, 2.75) is 45.5 Å². The summed E-state index contributed by atoms with van der Waals surface area (Å²) >= 11 is 5.86. The van der Waals surface area contributed by atoms with Crippen LogP contribution < -0.4 is 10.2 Å². The Kier molecular flexibility index (Phi) is 4.84. The first-order valence-corrected chi connectivity index (χ1v) is 8.58. The molecular weight excluding hydrogens is 341 g/mol. The molecule has 0 N–H and O–H groups in total. The molecule has 0 bridgehead atoms. The molecule has 1 aliphatic rings. The summed E-state index contributed by atoms with van der Waals surface area (Å²) in [7, 11) is -0.727. The van der Waals surface area contributed by atoms with E-state index < -0.39 is 24.1 Å². The minimum atomic E-state index is -0.727. The van der Waals surface area contributed by atoms with Crippen molar-refractivity contribution in [2.24, 2.45) is 0 Å². The molecule has 1 fully saturated rings. The van der Waals surface area contributed by atoms with E-state index in [4.69, 9.17) is 25.6 Å². The van der Waals surface area contributed by atoms with E-state index in [1.807, 2.05) is 39.8 Å². The average molecular weight is 363 g/mol. The fraction of sp³-hybridized carbons (Fsp3) is 0.368. The van der Waals surface area contributed by atoms with Crippen molar-refractivity contribution >= 4 is 24.2 Å². The number of rotatable bonds is 4. The van der Waals surface area contributed by atoms with Gasteiger partial charge >= 0.3 is 7.12 Å². The highest BCUT2D eigenvalue weighted by molar-refractivity contribution is 6.62. The zero-order chi connectivity index (χ0) is 18.2. The highest BCUT2D eigenvalue weighted by Crippen LogP contribution is 2.36. The second-order valence-electron chi connectivity index (χ2n) is 7.19. The maximum atomic E-state index is 14.5. The molecule has 0 spiro atoms. The van der Waals surface area contributed by atoms with Gasteiger partial charge in [0, 0.05) is 16.6 Å².